The zero-order valence-electron chi connectivity index (χ0n) is 17.1. The second-order valence-electron chi connectivity index (χ2n) is 8.97. The molecule has 1 fully saturated rings. The number of hydrogen-bond donors (Lipinski definition) is 2. The summed E-state index contributed by atoms with van der Waals surface area (Å²) in [5, 5.41) is 8.81. The van der Waals surface area contributed by atoms with Crippen molar-refractivity contribution in [3.63, 3.8) is 0 Å². The summed E-state index contributed by atoms with van der Waals surface area (Å²) < 4.78 is 5.57. The highest BCUT2D eigenvalue weighted by Gasteiger charge is 2.38. The van der Waals surface area contributed by atoms with Gasteiger partial charge in [-0.2, -0.15) is 0 Å². The number of rotatable bonds is 5. The van der Waals surface area contributed by atoms with E-state index in [-0.39, 0.29) is 11.1 Å². The van der Waals surface area contributed by atoms with Gasteiger partial charge in [-0.3, -0.25) is 0 Å². The van der Waals surface area contributed by atoms with E-state index in [9.17, 15) is 0 Å². The summed E-state index contributed by atoms with van der Waals surface area (Å²) in [4.78, 5) is 2.12. The van der Waals surface area contributed by atoms with Crippen LogP contribution in [0, 0.1) is 0 Å². The Labute approximate surface area is 178 Å². The lowest BCUT2D eigenvalue weighted by Gasteiger charge is -2.47. The summed E-state index contributed by atoms with van der Waals surface area (Å²) >= 11 is 12.2. The van der Waals surface area contributed by atoms with Crippen LogP contribution in [0.4, 0.5) is 0 Å². The first-order valence-electron chi connectivity index (χ1n) is 9.74. The van der Waals surface area contributed by atoms with Crippen molar-refractivity contribution in [3.05, 3.63) is 59.0 Å². The average molecular weight is 420 g/mol. The number of furan rings is 1. The highest BCUT2D eigenvalue weighted by molar-refractivity contribution is 7.80. The van der Waals surface area contributed by atoms with E-state index in [0.717, 1.165) is 34.3 Å². The molecule has 1 aromatic carbocycles. The fourth-order valence-electron chi connectivity index (χ4n) is 4.31. The zero-order chi connectivity index (χ0) is 20.4. The summed E-state index contributed by atoms with van der Waals surface area (Å²) in [5.74, 6) is 0.877. The monoisotopic (exact) mass is 419 g/mol. The molecule has 6 heteroatoms. The highest BCUT2D eigenvalue weighted by atomic mass is 35.5. The van der Waals surface area contributed by atoms with Crippen molar-refractivity contribution in [3.8, 4) is 0 Å². The standard InChI is InChI=1S/C22H30ClN3OS/c1-21(2)12-17(13-22(3,4)25-21)24-20(28)26(15-18-9-7-11-27-18)14-16-8-5-6-10-19(16)23/h5-11,17,25H,12-15H2,1-4H3,(H,24,28). The van der Waals surface area contributed by atoms with E-state index in [1.165, 1.54) is 0 Å². The second kappa shape index (κ2) is 8.44. The predicted molar refractivity (Wildman–Crippen MR) is 119 cm³/mol. The summed E-state index contributed by atoms with van der Waals surface area (Å²) in [6, 6.07) is 12.1. The third kappa shape index (κ3) is 5.72. The molecule has 3 rings (SSSR count). The van der Waals surface area contributed by atoms with Gasteiger partial charge in [0.05, 0.1) is 12.8 Å². The van der Waals surface area contributed by atoms with Crippen molar-refractivity contribution >= 4 is 28.9 Å². The van der Waals surface area contributed by atoms with Crippen molar-refractivity contribution < 1.29 is 4.42 Å². The molecule has 2 heterocycles. The first-order chi connectivity index (χ1) is 13.1. The molecule has 0 aliphatic carbocycles. The Morgan fingerprint density at radius 1 is 1.14 bits per heavy atom. The molecule has 0 amide bonds. The topological polar surface area (TPSA) is 40.4 Å². The third-order valence-electron chi connectivity index (χ3n) is 5.05. The van der Waals surface area contributed by atoms with E-state index >= 15 is 0 Å². The van der Waals surface area contributed by atoms with Crippen LogP contribution in [0.25, 0.3) is 0 Å². The Hall–Kier alpha value is -1.56. The van der Waals surface area contributed by atoms with Crippen LogP contribution in [0.15, 0.2) is 47.1 Å². The van der Waals surface area contributed by atoms with Crippen LogP contribution in [-0.2, 0) is 13.1 Å². The van der Waals surface area contributed by atoms with Crippen LogP contribution in [0.5, 0.6) is 0 Å². The second-order valence-corrected chi connectivity index (χ2v) is 9.77. The van der Waals surface area contributed by atoms with Crippen LogP contribution in [0.1, 0.15) is 51.9 Å². The number of thiocarbonyl (C=S) groups is 1. The molecule has 0 radical (unpaired) electrons. The van der Waals surface area contributed by atoms with Gasteiger partial charge in [-0.05, 0) is 76.5 Å². The lowest BCUT2D eigenvalue weighted by Crippen LogP contribution is -2.62. The lowest BCUT2D eigenvalue weighted by molar-refractivity contribution is 0.153. The Morgan fingerprint density at radius 3 is 2.43 bits per heavy atom. The molecule has 152 valence electrons. The molecule has 1 saturated heterocycles. The molecule has 1 aliphatic rings. The molecule has 4 nitrogen and oxygen atoms in total. The van der Waals surface area contributed by atoms with Crippen LogP contribution < -0.4 is 10.6 Å². The van der Waals surface area contributed by atoms with Crippen LogP contribution in [0.2, 0.25) is 5.02 Å². The van der Waals surface area contributed by atoms with Crippen molar-refractivity contribution in [2.45, 2.75) is 70.7 Å². The van der Waals surface area contributed by atoms with Gasteiger partial charge in [-0.1, -0.05) is 29.8 Å². The largest absolute Gasteiger partial charge is 0.467 e. The maximum Gasteiger partial charge on any atom is 0.169 e. The first kappa shape index (κ1) is 21.2. The minimum atomic E-state index is 0.0591. The average Bonchev–Trinajstić information content (AvgIpc) is 3.06. The summed E-state index contributed by atoms with van der Waals surface area (Å²) in [7, 11) is 0. The minimum absolute atomic E-state index is 0.0591. The Bertz CT molecular complexity index is 788. The normalized spacial score (nSPS) is 18.6. The third-order valence-corrected chi connectivity index (χ3v) is 5.80. The highest BCUT2D eigenvalue weighted by Crippen LogP contribution is 2.29. The van der Waals surface area contributed by atoms with E-state index in [0.29, 0.717) is 19.1 Å². The van der Waals surface area contributed by atoms with Gasteiger partial charge in [-0.25, -0.2) is 0 Å². The van der Waals surface area contributed by atoms with E-state index in [2.05, 4.69) is 43.2 Å². The van der Waals surface area contributed by atoms with Gasteiger partial charge in [0, 0.05) is 28.7 Å². The van der Waals surface area contributed by atoms with Gasteiger partial charge < -0.3 is 20.0 Å². The number of piperidine rings is 1. The predicted octanol–water partition coefficient (Wildman–Crippen LogP) is 5.12. The quantitative estimate of drug-likeness (QED) is 0.658. The van der Waals surface area contributed by atoms with Gasteiger partial charge in [0.25, 0.3) is 0 Å². The van der Waals surface area contributed by atoms with Gasteiger partial charge in [0.1, 0.15) is 5.76 Å². The van der Waals surface area contributed by atoms with Gasteiger partial charge in [-0.15, -0.1) is 0 Å². The number of benzene rings is 1. The van der Waals surface area contributed by atoms with Crippen LogP contribution in [0.3, 0.4) is 0 Å². The zero-order valence-corrected chi connectivity index (χ0v) is 18.7. The molecular formula is C22H30ClN3OS. The first-order valence-corrected chi connectivity index (χ1v) is 10.5. The Balaban J connectivity index is 1.75. The molecule has 0 bridgehead atoms. The molecule has 28 heavy (non-hydrogen) atoms. The molecule has 0 saturated carbocycles. The summed E-state index contributed by atoms with van der Waals surface area (Å²) in [5.41, 5.74) is 1.17. The minimum Gasteiger partial charge on any atom is -0.467 e. The molecule has 2 aromatic rings. The van der Waals surface area contributed by atoms with Crippen LogP contribution >= 0.6 is 23.8 Å². The van der Waals surface area contributed by atoms with Gasteiger partial charge >= 0.3 is 0 Å². The van der Waals surface area contributed by atoms with E-state index in [1.807, 2.05) is 36.4 Å². The molecule has 1 aromatic heterocycles. The van der Waals surface area contributed by atoms with Crippen LogP contribution in [-0.4, -0.2) is 27.1 Å². The Morgan fingerprint density at radius 2 is 1.82 bits per heavy atom. The van der Waals surface area contributed by atoms with Crippen molar-refractivity contribution in [1.29, 1.82) is 0 Å². The lowest BCUT2D eigenvalue weighted by atomic mass is 9.80. The van der Waals surface area contributed by atoms with Crippen molar-refractivity contribution in [1.82, 2.24) is 15.5 Å². The maximum atomic E-state index is 6.40. The summed E-state index contributed by atoms with van der Waals surface area (Å²) in [6.45, 7) is 10.2. The number of hydrogen-bond acceptors (Lipinski definition) is 3. The Kier molecular flexibility index (Phi) is 6.37. The molecule has 2 N–H and O–H groups in total. The van der Waals surface area contributed by atoms with E-state index in [4.69, 9.17) is 28.2 Å². The van der Waals surface area contributed by atoms with Crippen molar-refractivity contribution in [2.24, 2.45) is 0 Å². The van der Waals surface area contributed by atoms with Crippen molar-refractivity contribution in [2.75, 3.05) is 0 Å². The SMILES string of the molecule is CC1(C)CC(NC(=S)N(Cc2ccco2)Cc2ccccc2Cl)CC(C)(C)N1. The molecule has 0 atom stereocenters. The van der Waals surface area contributed by atoms with E-state index < -0.39 is 0 Å². The number of halogens is 1. The summed E-state index contributed by atoms with van der Waals surface area (Å²) in [6.07, 6.45) is 3.71. The molecule has 0 unspecified atom stereocenters. The number of nitrogens with one attached hydrogen (secondary N) is 2. The molecular weight excluding hydrogens is 390 g/mol. The maximum absolute atomic E-state index is 6.40. The van der Waals surface area contributed by atoms with Gasteiger partial charge in [0.2, 0.25) is 0 Å². The van der Waals surface area contributed by atoms with Gasteiger partial charge in [0.15, 0.2) is 5.11 Å². The fourth-order valence-corrected chi connectivity index (χ4v) is 4.80. The molecule has 0 spiro atoms. The fraction of sp³-hybridized carbons (Fsp3) is 0.500. The molecule has 1 aliphatic heterocycles. The number of nitrogens with zero attached hydrogens (tertiary/aromatic N) is 1. The smallest absolute Gasteiger partial charge is 0.169 e. The van der Waals surface area contributed by atoms with E-state index in [1.54, 1.807) is 6.26 Å².